The van der Waals surface area contributed by atoms with Crippen molar-refractivity contribution in [1.29, 1.82) is 0 Å². The zero-order valence-corrected chi connectivity index (χ0v) is 14.0. The Morgan fingerprint density at radius 3 is 2.52 bits per heavy atom. The zero-order valence-electron chi connectivity index (χ0n) is 13.2. The van der Waals surface area contributed by atoms with Gasteiger partial charge in [-0.2, -0.15) is 0 Å². The fraction of sp³-hybridized carbons (Fsp3) is 0.600. The molecule has 1 N–H and O–H groups in total. The maximum absolute atomic E-state index is 6.16. The molecule has 0 saturated carbocycles. The van der Waals surface area contributed by atoms with Gasteiger partial charge in [-0.1, -0.05) is 11.6 Å². The fourth-order valence-electron chi connectivity index (χ4n) is 1.80. The second-order valence-electron chi connectivity index (χ2n) is 4.91. The van der Waals surface area contributed by atoms with Crippen molar-refractivity contribution < 1.29 is 14.2 Å². The van der Waals surface area contributed by atoms with Crippen LogP contribution in [0.25, 0.3) is 0 Å². The minimum atomic E-state index is 0.552. The SMILES string of the molecule is COc1cc(CNCCOCCN(C)C)cc(Cl)c1OC. The lowest BCUT2D eigenvalue weighted by Gasteiger charge is -2.13. The maximum Gasteiger partial charge on any atom is 0.179 e. The Morgan fingerprint density at radius 1 is 1.14 bits per heavy atom. The van der Waals surface area contributed by atoms with Crippen LogP contribution in [-0.2, 0) is 11.3 Å². The van der Waals surface area contributed by atoms with Gasteiger partial charge in [0.25, 0.3) is 0 Å². The Bertz CT molecular complexity index is 428. The Labute approximate surface area is 132 Å². The first-order valence-electron chi connectivity index (χ1n) is 6.92. The van der Waals surface area contributed by atoms with E-state index < -0.39 is 0 Å². The van der Waals surface area contributed by atoms with Crippen molar-refractivity contribution in [2.24, 2.45) is 0 Å². The van der Waals surface area contributed by atoms with E-state index in [4.69, 9.17) is 25.8 Å². The van der Waals surface area contributed by atoms with E-state index in [9.17, 15) is 0 Å². The van der Waals surface area contributed by atoms with Crippen molar-refractivity contribution in [1.82, 2.24) is 10.2 Å². The summed E-state index contributed by atoms with van der Waals surface area (Å²) in [6.45, 7) is 3.87. The number of hydrogen-bond donors (Lipinski definition) is 1. The lowest BCUT2D eigenvalue weighted by atomic mass is 10.2. The van der Waals surface area contributed by atoms with Crippen LogP contribution in [0.5, 0.6) is 11.5 Å². The minimum absolute atomic E-state index is 0.552. The summed E-state index contributed by atoms with van der Waals surface area (Å²) < 4.78 is 16.0. The van der Waals surface area contributed by atoms with Gasteiger partial charge in [-0.25, -0.2) is 0 Å². The van der Waals surface area contributed by atoms with E-state index in [2.05, 4.69) is 10.2 Å². The molecule has 1 aromatic carbocycles. The van der Waals surface area contributed by atoms with Crippen molar-refractivity contribution in [3.05, 3.63) is 22.7 Å². The highest BCUT2D eigenvalue weighted by molar-refractivity contribution is 6.32. The molecule has 1 rings (SSSR count). The van der Waals surface area contributed by atoms with Gasteiger partial charge in [-0.3, -0.25) is 0 Å². The molecule has 1 aromatic rings. The van der Waals surface area contributed by atoms with E-state index in [1.54, 1.807) is 14.2 Å². The molecule has 0 aliphatic heterocycles. The van der Waals surface area contributed by atoms with Crippen molar-refractivity contribution >= 4 is 11.6 Å². The van der Waals surface area contributed by atoms with E-state index >= 15 is 0 Å². The summed E-state index contributed by atoms with van der Waals surface area (Å²) in [6, 6.07) is 3.80. The van der Waals surface area contributed by atoms with Crippen LogP contribution >= 0.6 is 11.6 Å². The molecular formula is C15H25ClN2O3. The standard InChI is InChI=1S/C15H25ClN2O3/c1-18(2)6-8-21-7-5-17-11-12-9-13(16)15(20-4)14(10-12)19-3/h9-10,17H,5-8,11H2,1-4H3. The molecule has 120 valence electrons. The van der Waals surface area contributed by atoms with Crippen LogP contribution in [0, 0.1) is 0 Å². The van der Waals surface area contributed by atoms with Crippen LogP contribution in [0.1, 0.15) is 5.56 Å². The van der Waals surface area contributed by atoms with Crippen molar-refractivity contribution in [3.8, 4) is 11.5 Å². The molecule has 0 amide bonds. The van der Waals surface area contributed by atoms with Gasteiger partial charge in [0, 0.05) is 19.6 Å². The number of methoxy groups -OCH3 is 2. The van der Waals surface area contributed by atoms with Gasteiger partial charge in [-0.05, 0) is 31.8 Å². The molecule has 0 bridgehead atoms. The van der Waals surface area contributed by atoms with E-state index in [0.29, 0.717) is 29.7 Å². The summed E-state index contributed by atoms with van der Waals surface area (Å²) in [5.74, 6) is 1.21. The molecule has 6 heteroatoms. The number of nitrogens with zero attached hydrogens (tertiary/aromatic N) is 1. The maximum atomic E-state index is 6.16. The Balaban J connectivity index is 2.34. The molecule has 0 unspecified atom stereocenters. The van der Waals surface area contributed by atoms with Crippen LogP contribution in [0.3, 0.4) is 0 Å². The predicted molar refractivity (Wildman–Crippen MR) is 85.6 cm³/mol. The Kier molecular flexibility index (Phi) is 8.45. The number of nitrogens with one attached hydrogen (secondary N) is 1. The highest BCUT2D eigenvalue weighted by Gasteiger charge is 2.10. The van der Waals surface area contributed by atoms with Gasteiger partial charge in [0.1, 0.15) is 0 Å². The average molecular weight is 317 g/mol. The van der Waals surface area contributed by atoms with E-state index in [-0.39, 0.29) is 0 Å². The summed E-state index contributed by atoms with van der Waals surface area (Å²) in [6.07, 6.45) is 0. The van der Waals surface area contributed by atoms with Crippen LogP contribution < -0.4 is 14.8 Å². The quantitative estimate of drug-likeness (QED) is 0.669. The number of hydrogen-bond acceptors (Lipinski definition) is 5. The Morgan fingerprint density at radius 2 is 1.90 bits per heavy atom. The third-order valence-corrected chi connectivity index (χ3v) is 3.21. The van der Waals surface area contributed by atoms with E-state index in [1.165, 1.54) is 0 Å². The molecule has 0 aliphatic carbocycles. The highest BCUT2D eigenvalue weighted by atomic mass is 35.5. The second kappa shape index (κ2) is 9.84. The van der Waals surface area contributed by atoms with Crippen molar-refractivity contribution in [2.45, 2.75) is 6.54 Å². The lowest BCUT2D eigenvalue weighted by Crippen LogP contribution is -2.23. The highest BCUT2D eigenvalue weighted by Crippen LogP contribution is 2.35. The van der Waals surface area contributed by atoms with Gasteiger partial charge < -0.3 is 24.4 Å². The van der Waals surface area contributed by atoms with Crippen molar-refractivity contribution in [2.75, 3.05) is 54.6 Å². The smallest absolute Gasteiger partial charge is 0.179 e. The molecule has 0 saturated heterocycles. The topological polar surface area (TPSA) is 43.0 Å². The molecule has 21 heavy (non-hydrogen) atoms. The first kappa shape index (κ1) is 18.0. The second-order valence-corrected chi connectivity index (χ2v) is 5.31. The lowest BCUT2D eigenvalue weighted by molar-refractivity contribution is 0.119. The van der Waals surface area contributed by atoms with Gasteiger partial charge in [0.2, 0.25) is 0 Å². The van der Waals surface area contributed by atoms with Crippen molar-refractivity contribution in [3.63, 3.8) is 0 Å². The number of benzene rings is 1. The molecule has 5 nitrogen and oxygen atoms in total. The fourth-order valence-corrected chi connectivity index (χ4v) is 2.11. The molecule has 0 aliphatic rings. The van der Waals surface area contributed by atoms with Gasteiger partial charge in [0.15, 0.2) is 11.5 Å². The summed E-state index contributed by atoms with van der Waals surface area (Å²) in [5.41, 5.74) is 1.05. The Hall–Kier alpha value is -1.01. The number of halogens is 1. The van der Waals surface area contributed by atoms with Crippen LogP contribution in [0.15, 0.2) is 12.1 Å². The normalized spacial score (nSPS) is 11.0. The summed E-state index contributed by atoms with van der Waals surface area (Å²) in [5, 5.41) is 3.86. The first-order valence-corrected chi connectivity index (χ1v) is 7.30. The van der Waals surface area contributed by atoms with E-state index in [0.717, 1.165) is 25.3 Å². The van der Waals surface area contributed by atoms with Gasteiger partial charge >= 0.3 is 0 Å². The van der Waals surface area contributed by atoms with Crippen LogP contribution in [0.2, 0.25) is 5.02 Å². The van der Waals surface area contributed by atoms with Crippen LogP contribution in [0.4, 0.5) is 0 Å². The molecular weight excluding hydrogens is 292 g/mol. The number of rotatable bonds is 10. The molecule has 0 aromatic heterocycles. The van der Waals surface area contributed by atoms with Gasteiger partial charge in [-0.15, -0.1) is 0 Å². The summed E-state index contributed by atoms with van der Waals surface area (Å²) in [4.78, 5) is 2.10. The molecule has 0 atom stereocenters. The zero-order chi connectivity index (χ0) is 15.7. The minimum Gasteiger partial charge on any atom is -0.493 e. The third-order valence-electron chi connectivity index (χ3n) is 2.93. The largest absolute Gasteiger partial charge is 0.493 e. The third kappa shape index (κ3) is 6.52. The number of ether oxygens (including phenoxy) is 3. The predicted octanol–water partition coefficient (Wildman–Crippen LogP) is 2.02. The monoisotopic (exact) mass is 316 g/mol. The van der Waals surface area contributed by atoms with Crippen LogP contribution in [-0.4, -0.2) is 59.5 Å². The summed E-state index contributed by atoms with van der Waals surface area (Å²) >= 11 is 6.16. The average Bonchev–Trinajstić information content (AvgIpc) is 2.45. The molecule has 0 radical (unpaired) electrons. The molecule has 0 spiro atoms. The molecule has 0 heterocycles. The molecule has 0 fully saturated rings. The number of likely N-dealkylation sites (N-methyl/N-ethyl adjacent to an activating group) is 1. The summed E-state index contributed by atoms with van der Waals surface area (Å²) in [7, 11) is 7.24. The van der Waals surface area contributed by atoms with E-state index in [1.807, 2.05) is 26.2 Å². The first-order chi connectivity index (χ1) is 10.1. The van der Waals surface area contributed by atoms with Gasteiger partial charge in [0.05, 0.1) is 32.5 Å².